The van der Waals surface area contributed by atoms with Gasteiger partial charge in [0.25, 0.3) is 0 Å². The van der Waals surface area contributed by atoms with E-state index in [1.54, 1.807) is 6.92 Å². The van der Waals surface area contributed by atoms with Crippen molar-refractivity contribution in [3.8, 4) is 0 Å². The summed E-state index contributed by atoms with van der Waals surface area (Å²) in [4.78, 5) is 13.3. The van der Waals surface area contributed by atoms with Gasteiger partial charge in [0.15, 0.2) is 5.69 Å². The van der Waals surface area contributed by atoms with E-state index in [0.29, 0.717) is 17.9 Å². The van der Waals surface area contributed by atoms with Crippen LogP contribution in [0.4, 0.5) is 0 Å². The summed E-state index contributed by atoms with van der Waals surface area (Å²) in [5, 5.41) is 12.6. The second-order valence-electron chi connectivity index (χ2n) is 4.83. The molecule has 5 heteroatoms. The van der Waals surface area contributed by atoms with Gasteiger partial charge in [0.2, 0.25) is 0 Å². The molecule has 1 aromatic heterocycles. The molecule has 2 heterocycles. The largest absolute Gasteiger partial charge is 0.476 e. The SMILES string of the molecule is Cc1onc(C(=O)O)c1CN1CCC(C)CC1. The molecule has 0 saturated carbocycles. The molecule has 17 heavy (non-hydrogen) atoms. The van der Waals surface area contributed by atoms with Crippen LogP contribution in [-0.4, -0.2) is 34.2 Å². The summed E-state index contributed by atoms with van der Waals surface area (Å²) in [5.74, 6) is 0.372. The summed E-state index contributed by atoms with van der Waals surface area (Å²) in [7, 11) is 0. The Morgan fingerprint density at radius 2 is 2.18 bits per heavy atom. The highest BCUT2D eigenvalue weighted by Gasteiger charge is 2.23. The topological polar surface area (TPSA) is 66.6 Å². The fraction of sp³-hybridized carbons (Fsp3) is 0.667. The molecule has 0 bridgehead atoms. The van der Waals surface area contributed by atoms with Crippen LogP contribution in [0.1, 0.15) is 41.6 Å². The molecule has 0 spiro atoms. The summed E-state index contributed by atoms with van der Waals surface area (Å²) in [6.45, 7) is 6.69. The van der Waals surface area contributed by atoms with Crippen LogP contribution in [0.2, 0.25) is 0 Å². The zero-order valence-corrected chi connectivity index (χ0v) is 10.3. The Balaban J connectivity index is 2.08. The van der Waals surface area contributed by atoms with Gasteiger partial charge in [-0.05, 0) is 38.8 Å². The van der Waals surface area contributed by atoms with Crippen LogP contribution in [0.3, 0.4) is 0 Å². The van der Waals surface area contributed by atoms with Crippen LogP contribution >= 0.6 is 0 Å². The van der Waals surface area contributed by atoms with E-state index < -0.39 is 5.97 Å². The number of rotatable bonds is 3. The summed E-state index contributed by atoms with van der Waals surface area (Å²) >= 11 is 0. The lowest BCUT2D eigenvalue weighted by Gasteiger charge is -2.29. The van der Waals surface area contributed by atoms with E-state index in [1.165, 1.54) is 12.8 Å². The number of hydrogen-bond donors (Lipinski definition) is 1. The van der Waals surface area contributed by atoms with Crippen LogP contribution in [0.25, 0.3) is 0 Å². The molecule has 2 rings (SSSR count). The first-order chi connectivity index (χ1) is 8.08. The molecule has 0 aromatic carbocycles. The molecule has 1 fully saturated rings. The minimum Gasteiger partial charge on any atom is -0.476 e. The van der Waals surface area contributed by atoms with Crippen molar-refractivity contribution in [2.75, 3.05) is 13.1 Å². The number of aromatic nitrogens is 1. The minimum absolute atomic E-state index is 0.0566. The summed E-state index contributed by atoms with van der Waals surface area (Å²) in [6.07, 6.45) is 2.35. The third kappa shape index (κ3) is 2.66. The van der Waals surface area contributed by atoms with Crippen LogP contribution in [-0.2, 0) is 6.54 Å². The summed E-state index contributed by atoms with van der Waals surface area (Å²) in [6, 6.07) is 0. The minimum atomic E-state index is -1.01. The quantitative estimate of drug-likeness (QED) is 0.871. The molecule has 0 amide bonds. The standard InChI is InChI=1S/C12H18N2O3/c1-8-3-5-14(6-4-8)7-10-9(2)17-13-11(10)12(15)16/h8H,3-7H2,1-2H3,(H,15,16). The molecule has 0 unspecified atom stereocenters. The molecular formula is C12H18N2O3. The molecule has 1 aliphatic rings. The third-order valence-corrected chi connectivity index (χ3v) is 3.45. The molecule has 1 N–H and O–H groups in total. The molecule has 94 valence electrons. The Hall–Kier alpha value is -1.36. The smallest absolute Gasteiger partial charge is 0.358 e. The zero-order chi connectivity index (χ0) is 12.4. The van der Waals surface area contributed by atoms with Gasteiger partial charge in [0, 0.05) is 12.1 Å². The van der Waals surface area contributed by atoms with E-state index in [4.69, 9.17) is 9.63 Å². The average molecular weight is 238 g/mol. The maximum absolute atomic E-state index is 11.0. The lowest BCUT2D eigenvalue weighted by atomic mass is 9.98. The fourth-order valence-corrected chi connectivity index (χ4v) is 2.19. The third-order valence-electron chi connectivity index (χ3n) is 3.45. The zero-order valence-electron chi connectivity index (χ0n) is 10.3. The Labute approximate surface area is 100 Å². The highest BCUT2D eigenvalue weighted by atomic mass is 16.5. The van der Waals surface area contributed by atoms with Crippen LogP contribution in [0, 0.1) is 12.8 Å². The van der Waals surface area contributed by atoms with Crippen molar-refractivity contribution in [3.05, 3.63) is 17.0 Å². The van der Waals surface area contributed by atoms with E-state index in [1.807, 2.05) is 0 Å². The van der Waals surface area contributed by atoms with Gasteiger partial charge in [0.1, 0.15) is 5.76 Å². The van der Waals surface area contributed by atoms with E-state index in [9.17, 15) is 4.79 Å². The van der Waals surface area contributed by atoms with Gasteiger partial charge in [-0.15, -0.1) is 0 Å². The lowest BCUT2D eigenvalue weighted by molar-refractivity contribution is 0.0683. The Bertz CT molecular complexity index is 406. The van der Waals surface area contributed by atoms with E-state index in [-0.39, 0.29) is 5.69 Å². The molecule has 0 radical (unpaired) electrons. The first-order valence-corrected chi connectivity index (χ1v) is 5.98. The van der Waals surface area contributed by atoms with E-state index in [0.717, 1.165) is 19.0 Å². The molecule has 5 nitrogen and oxygen atoms in total. The summed E-state index contributed by atoms with van der Waals surface area (Å²) < 4.78 is 4.96. The van der Waals surface area contributed by atoms with E-state index >= 15 is 0 Å². The van der Waals surface area contributed by atoms with Gasteiger partial charge in [-0.3, -0.25) is 4.90 Å². The van der Waals surface area contributed by atoms with Crippen molar-refractivity contribution in [1.82, 2.24) is 10.1 Å². The molecule has 1 aliphatic heterocycles. The number of carboxylic acids is 1. The van der Waals surface area contributed by atoms with Gasteiger partial charge < -0.3 is 9.63 Å². The number of likely N-dealkylation sites (tertiary alicyclic amines) is 1. The van der Waals surface area contributed by atoms with Crippen LogP contribution in [0.5, 0.6) is 0 Å². The highest BCUT2D eigenvalue weighted by molar-refractivity contribution is 5.87. The molecule has 0 atom stereocenters. The predicted octanol–water partition coefficient (Wildman–Crippen LogP) is 1.91. The predicted molar refractivity (Wildman–Crippen MR) is 61.9 cm³/mol. The number of hydrogen-bond acceptors (Lipinski definition) is 4. The normalized spacial score (nSPS) is 18.5. The van der Waals surface area contributed by atoms with Crippen LogP contribution < -0.4 is 0 Å². The highest BCUT2D eigenvalue weighted by Crippen LogP contribution is 2.21. The van der Waals surface area contributed by atoms with Gasteiger partial charge in [-0.25, -0.2) is 4.79 Å². The second-order valence-corrected chi connectivity index (χ2v) is 4.83. The van der Waals surface area contributed by atoms with Gasteiger partial charge >= 0.3 is 5.97 Å². The molecular weight excluding hydrogens is 220 g/mol. The average Bonchev–Trinajstić information content (AvgIpc) is 2.64. The lowest BCUT2D eigenvalue weighted by Crippen LogP contribution is -2.32. The number of nitrogens with zero attached hydrogens (tertiary/aromatic N) is 2. The number of piperidine rings is 1. The van der Waals surface area contributed by atoms with Gasteiger partial charge in [-0.2, -0.15) is 0 Å². The maximum Gasteiger partial charge on any atom is 0.358 e. The molecule has 1 aromatic rings. The van der Waals surface area contributed by atoms with E-state index in [2.05, 4.69) is 17.0 Å². The molecule has 1 saturated heterocycles. The van der Waals surface area contributed by atoms with Crippen molar-refractivity contribution < 1.29 is 14.4 Å². The molecule has 0 aliphatic carbocycles. The van der Waals surface area contributed by atoms with Crippen molar-refractivity contribution in [3.63, 3.8) is 0 Å². The van der Waals surface area contributed by atoms with Gasteiger partial charge in [0.05, 0.1) is 0 Å². The number of carboxylic acid groups (broad SMARTS) is 1. The number of aryl methyl sites for hydroxylation is 1. The Kier molecular flexibility index (Phi) is 3.47. The first kappa shape index (κ1) is 12.1. The van der Waals surface area contributed by atoms with Crippen molar-refractivity contribution in [1.29, 1.82) is 0 Å². The Morgan fingerprint density at radius 1 is 1.53 bits per heavy atom. The fourth-order valence-electron chi connectivity index (χ4n) is 2.19. The first-order valence-electron chi connectivity index (χ1n) is 5.98. The number of carbonyl (C=O) groups is 1. The second kappa shape index (κ2) is 4.87. The van der Waals surface area contributed by atoms with Crippen molar-refractivity contribution in [2.24, 2.45) is 5.92 Å². The summed E-state index contributed by atoms with van der Waals surface area (Å²) in [5.41, 5.74) is 0.771. The number of aromatic carboxylic acids is 1. The van der Waals surface area contributed by atoms with Crippen molar-refractivity contribution >= 4 is 5.97 Å². The maximum atomic E-state index is 11.0. The Morgan fingerprint density at radius 3 is 2.76 bits per heavy atom. The van der Waals surface area contributed by atoms with Crippen molar-refractivity contribution in [2.45, 2.75) is 33.2 Å². The monoisotopic (exact) mass is 238 g/mol. The van der Waals surface area contributed by atoms with Gasteiger partial charge in [-0.1, -0.05) is 12.1 Å². The van der Waals surface area contributed by atoms with Crippen LogP contribution in [0.15, 0.2) is 4.52 Å².